The van der Waals surface area contributed by atoms with Gasteiger partial charge in [-0.3, -0.25) is 32.4 Å². The van der Waals surface area contributed by atoms with Crippen LogP contribution in [0.15, 0.2) is 17.4 Å². The van der Waals surface area contributed by atoms with Crippen LogP contribution in [0.5, 0.6) is 0 Å². The summed E-state index contributed by atoms with van der Waals surface area (Å²) in [7, 11) is -10.1. The molecule has 25 heteroatoms. The van der Waals surface area contributed by atoms with Crippen LogP contribution in [0.25, 0.3) is 22.3 Å². The molecule has 0 radical (unpaired) electrons. The average molecular weight is 687 g/mol. The second kappa shape index (κ2) is 11.0. The van der Waals surface area contributed by atoms with Crippen molar-refractivity contribution in [2.75, 3.05) is 30.4 Å². The number of nitrogen functional groups attached to an aromatic ring is 3. The van der Waals surface area contributed by atoms with Crippen molar-refractivity contribution in [1.82, 2.24) is 39.0 Å². The second-order valence-corrected chi connectivity index (χ2v) is 13.7. The summed E-state index contributed by atoms with van der Waals surface area (Å²) >= 11 is 0. The normalized spacial score (nSPS) is 37.1. The standard InChI is InChI=1S/C21H27N11O12P2/c22-15-9-16(28-20(23)27-15)32(5-25-9)19-12(34)14-8(42-19)3-41-46(38,39)43-13-7(1-6(11(13)33)2-40-45(36,37)44-14)31-4-26-10-17(31)29-21(24)30-18(10)35/h4-8,11-14,19,33-34H,1-3H2,(H,36,37)(H,38,39)(H4,22,23,27,28)(H3,24,29,30,35)/t6-,7-,8-,11?,12+,13-,14?,19-/m1/s1. The number of aliphatic hydroxyl groups is 2. The molecule has 11 N–H and O–H groups in total. The van der Waals surface area contributed by atoms with Gasteiger partial charge in [0.05, 0.1) is 38.0 Å². The minimum Gasteiger partial charge on any atom is -0.390 e. The number of nitrogens with two attached hydrogens (primary N) is 3. The van der Waals surface area contributed by atoms with Crippen LogP contribution in [0, 0.1) is 5.92 Å². The topological polar surface area (TPSA) is 346 Å². The van der Waals surface area contributed by atoms with Gasteiger partial charge in [-0.15, -0.1) is 0 Å². The molecule has 2 bridgehead atoms. The van der Waals surface area contributed by atoms with Crippen LogP contribution in [-0.2, 0) is 32.0 Å². The summed E-state index contributed by atoms with van der Waals surface area (Å²) in [5, 5.41) is 22.3. The van der Waals surface area contributed by atoms with E-state index in [1.54, 1.807) is 0 Å². The van der Waals surface area contributed by atoms with Gasteiger partial charge in [0.25, 0.3) is 5.56 Å². The van der Waals surface area contributed by atoms with Gasteiger partial charge in [0, 0.05) is 5.92 Å². The monoisotopic (exact) mass is 687 g/mol. The number of rotatable bonds is 2. The number of fused-ring (bicyclic) bond motifs is 5. The Hall–Kier alpha value is -3.60. The lowest BCUT2D eigenvalue weighted by Crippen LogP contribution is -2.36. The Balaban J connectivity index is 1.21. The van der Waals surface area contributed by atoms with Crippen LogP contribution in [0.3, 0.4) is 0 Å². The van der Waals surface area contributed by atoms with E-state index in [0.717, 1.165) is 0 Å². The number of aliphatic hydroxyl groups excluding tert-OH is 2. The molecule has 0 aromatic carbocycles. The fourth-order valence-corrected chi connectivity index (χ4v) is 7.90. The number of hydrogen-bond donors (Lipinski definition) is 8. The summed E-state index contributed by atoms with van der Waals surface area (Å²) in [6, 6.07) is -1.01. The summed E-state index contributed by atoms with van der Waals surface area (Å²) < 4.78 is 56.0. The number of nitrogens with one attached hydrogen (secondary N) is 1. The lowest BCUT2D eigenvalue weighted by atomic mass is 10.1. The highest BCUT2D eigenvalue weighted by Gasteiger charge is 2.53. The van der Waals surface area contributed by atoms with Crippen LogP contribution in [0.2, 0.25) is 0 Å². The smallest absolute Gasteiger partial charge is 0.390 e. The van der Waals surface area contributed by atoms with Crippen LogP contribution < -0.4 is 22.8 Å². The number of anilines is 3. The number of aromatic nitrogens is 8. The molecule has 248 valence electrons. The minimum atomic E-state index is -5.06. The van der Waals surface area contributed by atoms with Crippen molar-refractivity contribution in [1.29, 1.82) is 0 Å². The molecular formula is C21H27N11O12P2. The number of phosphoric ester groups is 2. The molecule has 0 amide bonds. The summed E-state index contributed by atoms with van der Waals surface area (Å²) in [5.74, 6) is -1.50. The number of imidazole rings is 2. The van der Waals surface area contributed by atoms with E-state index < -0.39 is 83.1 Å². The van der Waals surface area contributed by atoms with E-state index in [0.29, 0.717) is 0 Å². The molecule has 0 spiro atoms. The third-order valence-electron chi connectivity index (χ3n) is 7.96. The maximum atomic E-state index is 13.3. The SMILES string of the molecule is Nc1nc(N)c2ncn([C@@H]3O[C@@H]4COP(=O)(O)O[C@H]5C(O)[C@@H](COP(=O)(O)OC4[C@@H]3O)C[C@H]5n3cnc4c(=O)[nH]c(N)nc43)c2n1. The van der Waals surface area contributed by atoms with E-state index in [-0.39, 0.29) is 46.5 Å². The first kappa shape index (κ1) is 31.0. The molecule has 4 aromatic rings. The highest BCUT2D eigenvalue weighted by atomic mass is 31.2. The van der Waals surface area contributed by atoms with Crippen LogP contribution in [-0.4, -0.2) is 103 Å². The second-order valence-electron chi connectivity index (χ2n) is 10.8. The van der Waals surface area contributed by atoms with E-state index in [9.17, 15) is 33.9 Å². The van der Waals surface area contributed by atoms with Crippen molar-refractivity contribution >= 4 is 55.7 Å². The predicted octanol–water partition coefficient (Wildman–Crippen LogP) is -2.10. The van der Waals surface area contributed by atoms with Gasteiger partial charge in [0.1, 0.15) is 29.9 Å². The van der Waals surface area contributed by atoms with Crippen LogP contribution in [0.4, 0.5) is 17.7 Å². The zero-order chi connectivity index (χ0) is 32.7. The number of H-pyrrole nitrogens is 1. The largest absolute Gasteiger partial charge is 0.472 e. The van der Waals surface area contributed by atoms with E-state index in [1.807, 2.05) is 0 Å². The lowest BCUT2D eigenvalue weighted by Gasteiger charge is -2.26. The molecule has 2 aliphatic heterocycles. The lowest BCUT2D eigenvalue weighted by molar-refractivity contribution is -0.0552. The van der Waals surface area contributed by atoms with Crippen molar-refractivity contribution in [3.63, 3.8) is 0 Å². The Bertz CT molecular complexity index is 1990. The molecule has 10 atom stereocenters. The fourth-order valence-electron chi connectivity index (χ4n) is 5.92. The Labute approximate surface area is 255 Å². The number of hydrogen-bond acceptors (Lipinski definition) is 18. The Kier molecular flexibility index (Phi) is 7.41. The van der Waals surface area contributed by atoms with Crippen molar-refractivity contribution in [2.24, 2.45) is 5.92 Å². The average Bonchev–Trinajstić information content (AvgIpc) is 3.72. The first-order chi connectivity index (χ1) is 21.7. The summed E-state index contributed by atoms with van der Waals surface area (Å²) in [4.78, 5) is 56.1. The highest BCUT2D eigenvalue weighted by Crippen LogP contribution is 2.55. The number of phosphoric acid groups is 2. The van der Waals surface area contributed by atoms with Crippen molar-refractivity contribution in [2.45, 2.75) is 49.2 Å². The molecular weight excluding hydrogens is 660 g/mol. The van der Waals surface area contributed by atoms with Gasteiger partial charge in [0.2, 0.25) is 11.9 Å². The quantitative estimate of drug-likeness (QED) is 0.105. The van der Waals surface area contributed by atoms with Crippen molar-refractivity contribution in [3.8, 4) is 0 Å². The predicted molar refractivity (Wildman–Crippen MR) is 151 cm³/mol. The van der Waals surface area contributed by atoms with Crippen molar-refractivity contribution < 1.29 is 52.0 Å². The van der Waals surface area contributed by atoms with Crippen LogP contribution >= 0.6 is 15.6 Å². The molecule has 3 aliphatic rings. The van der Waals surface area contributed by atoms with Gasteiger partial charge < -0.3 is 46.5 Å². The fraction of sp³-hybridized carbons (Fsp3) is 0.524. The van der Waals surface area contributed by atoms with Gasteiger partial charge in [-0.05, 0) is 6.42 Å². The Morgan fingerprint density at radius 2 is 1.52 bits per heavy atom. The molecule has 4 unspecified atom stereocenters. The van der Waals surface area contributed by atoms with Gasteiger partial charge in [0.15, 0.2) is 28.9 Å². The van der Waals surface area contributed by atoms with Crippen molar-refractivity contribution in [3.05, 3.63) is 23.0 Å². The Morgan fingerprint density at radius 3 is 2.28 bits per heavy atom. The first-order valence-corrected chi connectivity index (χ1v) is 16.5. The highest BCUT2D eigenvalue weighted by molar-refractivity contribution is 7.47. The van der Waals surface area contributed by atoms with E-state index in [4.69, 9.17) is 40.0 Å². The third kappa shape index (κ3) is 5.34. The minimum absolute atomic E-state index is 0.0115. The zero-order valence-corrected chi connectivity index (χ0v) is 25.0. The van der Waals surface area contributed by atoms with E-state index >= 15 is 0 Å². The molecule has 1 aliphatic carbocycles. The molecule has 2 saturated heterocycles. The molecule has 46 heavy (non-hydrogen) atoms. The Morgan fingerprint density at radius 1 is 0.870 bits per heavy atom. The maximum Gasteiger partial charge on any atom is 0.472 e. The molecule has 4 aromatic heterocycles. The molecule has 3 fully saturated rings. The third-order valence-corrected chi connectivity index (χ3v) is 9.93. The molecule has 7 rings (SSSR count). The van der Waals surface area contributed by atoms with Gasteiger partial charge >= 0.3 is 15.6 Å². The molecule has 6 heterocycles. The number of nitrogens with zero attached hydrogens (tertiary/aromatic N) is 7. The first-order valence-electron chi connectivity index (χ1n) is 13.5. The summed E-state index contributed by atoms with van der Waals surface area (Å²) in [6.07, 6.45) is -7.00. The van der Waals surface area contributed by atoms with E-state index in [2.05, 4.69) is 29.9 Å². The zero-order valence-electron chi connectivity index (χ0n) is 23.2. The van der Waals surface area contributed by atoms with Gasteiger partial charge in [-0.25, -0.2) is 19.1 Å². The number of ether oxygens (including phenoxy) is 1. The van der Waals surface area contributed by atoms with E-state index in [1.165, 1.54) is 21.8 Å². The molecule has 1 saturated carbocycles. The molecule has 23 nitrogen and oxygen atoms in total. The van der Waals surface area contributed by atoms with Gasteiger partial charge in [-0.2, -0.15) is 15.0 Å². The van der Waals surface area contributed by atoms with Gasteiger partial charge in [-0.1, -0.05) is 0 Å². The maximum absolute atomic E-state index is 13.3. The van der Waals surface area contributed by atoms with Crippen LogP contribution in [0.1, 0.15) is 18.7 Å². The number of aromatic amines is 1. The summed E-state index contributed by atoms with van der Waals surface area (Å²) in [5.41, 5.74) is 16.7. The summed E-state index contributed by atoms with van der Waals surface area (Å²) in [6.45, 7) is -1.43.